The van der Waals surface area contributed by atoms with Crippen LogP contribution < -0.4 is 17.2 Å². The van der Waals surface area contributed by atoms with Crippen molar-refractivity contribution in [2.75, 3.05) is 38.9 Å². The molecule has 4 aromatic rings. The number of nitrogens with one attached hydrogen (secondary N) is 1. The topological polar surface area (TPSA) is 146 Å². The normalized spacial score (nSPS) is 11.4. The molecule has 0 saturated carbocycles. The number of hydrogen-bond donors (Lipinski definition) is 3. The molecule has 4 rings (SSSR count). The molecule has 8 nitrogen and oxygen atoms in total. The number of rotatable bonds is 4. The summed E-state index contributed by atoms with van der Waals surface area (Å²) < 4.78 is 9.29. The molecule has 1 radical (unpaired) electrons. The van der Waals surface area contributed by atoms with Crippen molar-refractivity contribution in [3.8, 4) is 0 Å². The van der Waals surface area contributed by atoms with E-state index in [4.69, 9.17) is 22.9 Å². The first-order valence-corrected chi connectivity index (χ1v) is 10.9. The molecule has 9 heteroatoms. The van der Waals surface area contributed by atoms with Gasteiger partial charge >= 0.3 is 0 Å². The van der Waals surface area contributed by atoms with Crippen LogP contribution in [-0.4, -0.2) is 49.5 Å². The van der Waals surface area contributed by atoms with E-state index in [1.807, 2.05) is 67.6 Å². The van der Waals surface area contributed by atoms with Crippen LogP contribution in [0.2, 0.25) is 0 Å². The smallest absolute Gasteiger partial charge is 0.131 e. The number of nitrogen functional groups attached to an aromatic ring is 2. The van der Waals surface area contributed by atoms with Crippen LogP contribution in [0.4, 0.5) is 11.6 Å². The van der Waals surface area contributed by atoms with Gasteiger partial charge in [0.1, 0.15) is 11.6 Å². The number of anilines is 2. The quantitative estimate of drug-likeness (QED) is 0.357. The van der Waals surface area contributed by atoms with Gasteiger partial charge in [0.2, 0.25) is 0 Å². The van der Waals surface area contributed by atoms with Crippen LogP contribution in [0.1, 0.15) is 13.8 Å². The monoisotopic (exact) mass is 516 g/mol. The number of fused-ring (bicyclic) bond motifs is 2. The van der Waals surface area contributed by atoms with E-state index in [1.165, 1.54) is 0 Å². The number of nitrogens with zero attached hydrogens (tertiary/aromatic N) is 2. The number of nitrogens with two attached hydrogens (primary N) is 3. The number of ether oxygens (including phenoxy) is 2. The molecule has 2 atom stereocenters. The number of pyridine rings is 2. The third kappa shape index (κ3) is 13.1. The molecule has 2 unspecified atom stereocenters. The molecule has 2 heterocycles. The largest absolute Gasteiger partial charge is 0.673 e. The van der Waals surface area contributed by atoms with E-state index in [0.29, 0.717) is 24.8 Å². The van der Waals surface area contributed by atoms with Crippen molar-refractivity contribution < 1.29 is 28.0 Å². The van der Waals surface area contributed by atoms with Gasteiger partial charge in [0.25, 0.3) is 0 Å². The van der Waals surface area contributed by atoms with Crippen LogP contribution in [-0.2, 0) is 28.0 Å². The van der Waals surface area contributed by atoms with Crippen molar-refractivity contribution in [2.45, 2.75) is 25.9 Å². The van der Waals surface area contributed by atoms with Gasteiger partial charge in [-0.2, -0.15) is 0 Å². The molecule has 0 fully saturated rings. The first-order valence-electron chi connectivity index (χ1n) is 10.9. The Bertz CT molecular complexity index is 998. The summed E-state index contributed by atoms with van der Waals surface area (Å²) in [6.45, 7) is 4.90. The van der Waals surface area contributed by atoms with E-state index < -0.39 is 0 Å². The first-order chi connectivity index (χ1) is 16.3. The molecular formula is C26H37N6O2V-. The Morgan fingerprint density at radius 1 is 0.743 bits per heavy atom. The summed E-state index contributed by atoms with van der Waals surface area (Å²) in [5.74, 6) is 1.20. The van der Waals surface area contributed by atoms with Crippen molar-refractivity contribution in [1.82, 2.24) is 9.97 Å². The molecule has 2 aromatic heterocycles. The minimum atomic E-state index is -0.0741. The van der Waals surface area contributed by atoms with Gasteiger partial charge in [0.05, 0.1) is 6.61 Å². The van der Waals surface area contributed by atoms with Crippen LogP contribution >= 0.6 is 0 Å². The SMILES string of the molecule is COCC(C)N.COCC(C)[NH-].Nc1nccc2ccccc12.Nc1nccc2ccccc12.[V]. The Labute approximate surface area is 220 Å². The average Bonchev–Trinajstić information content (AvgIpc) is 2.81. The van der Waals surface area contributed by atoms with E-state index in [1.54, 1.807) is 33.5 Å². The predicted octanol–water partition coefficient (Wildman–Crippen LogP) is 4.69. The number of aromatic nitrogens is 2. The molecule has 0 amide bonds. The maximum atomic E-state index is 6.85. The van der Waals surface area contributed by atoms with Crippen LogP contribution in [0.3, 0.4) is 0 Å². The second-order valence-electron chi connectivity index (χ2n) is 7.62. The molecule has 0 spiro atoms. The Morgan fingerprint density at radius 2 is 1.14 bits per heavy atom. The molecule has 0 aliphatic rings. The van der Waals surface area contributed by atoms with Crippen molar-refractivity contribution in [3.63, 3.8) is 0 Å². The van der Waals surface area contributed by atoms with E-state index in [2.05, 4.69) is 19.4 Å². The third-order valence-corrected chi connectivity index (χ3v) is 4.26. The van der Waals surface area contributed by atoms with E-state index in [9.17, 15) is 0 Å². The zero-order valence-corrected chi connectivity index (χ0v) is 22.3. The fourth-order valence-corrected chi connectivity index (χ4v) is 2.80. The van der Waals surface area contributed by atoms with Gasteiger partial charge in [-0.1, -0.05) is 55.5 Å². The number of benzene rings is 2. The molecule has 0 bridgehead atoms. The van der Waals surface area contributed by atoms with Gasteiger partial charge in [0.15, 0.2) is 0 Å². The van der Waals surface area contributed by atoms with E-state index in [0.717, 1.165) is 21.5 Å². The van der Waals surface area contributed by atoms with Crippen molar-refractivity contribution in [3.05, 3.63) is 78.8 Å². The standard InChI is InChI=1S/2C9H8N2.C4H11NO.C4H10NO.V/c2*10-9-8-4-2-1-3-7(8)5-6-11-9;2*1-4(5)3-6-2;/h2*1-6H,(H2,10,11);4H,3,5H2,1-2H3;4-5H,3H2,1-2H3;/q;;;-1;. The van der Waals surface area contributed by atoms with Crippen molar-refractivity contribution >= 4 is 33.2 Å². The number of methoxy groups -OCH3 is 2. The molecule has 0 aliphatic carbocycles. The van der Waals surface area contributed by atoms with Gasteiger partial charge < -0.3 is 32.4 Å². The zero-order valence-electron chi connectivity index (χ0n) is 20.9. The van der Waals surface area contributed by atoms with Crippen molar-refractivity contribution in [2.24, 2.45) is 5.73 Å². The van der Waals surface area contributed by atoms with Crippen LogP contribution in [0.5, 0.6) is 0 Å². The Kier molecular flexibility index (Phi) is 17.1. The fraction of sp³-hybridized carbons (Fsp3) is 0.308. The second-order valence-corrected chi connectivity index (χ2v) is 7.62. The summed E-state index contributed by atoms with van der Waals surface area (Å²) in [5.41, 5.74) is 23.4. The van der Waals surface area contributed by atoms with Gasteiger partial charge in [-0.25, -0.2) is 9.97 Å². The molecule has 0 aliphatic heterocycles. The molecule has 35 heavy (non-hydrogen) atoms. The second kappa shape index (κ2) is 18.6. The Morgan fingerprint density at radius 3 is 1.40 bits per heavy atom. The first kappa shape index (κ1) is 32.3. The van der Waals surface area contributed by atoms with Crippen LogP contribution in [0.25, 0.3) is 27.3 Å². The minimum absolute atomic E-state index is 0. The molecule has 2 aromatic carbocycles. The third-order valence-electron chi connectivity index (χ3n) is 4.26. The summed E-state index contributed by atoms with van der Waals surface area (Å²) in [6.07, 6.45) is 3.44. The number of hydrogen-bond acceptors (Lipinski definition) is 7. The fourth-order valence-electron chi connectivity index (χ4n) is 2.80. The molecule has 189 valence electrons. The predicted molar refractivity (Wildman–Crippen MR) is 143 cm³/mol. The van der Waals surface area contributed by atoms with Gasteiger partial charge in [-0.15, -0.1) is 6.04 Å². The molecular weight excluding hydrogens is 479 g/mol. The maximum Gasteiger partial charge on any atom is 0.131 e. The van der Waals surface area contributed by atoms with Gasteiger partial charge in [0, 0.05) is 68.6 Å². The van der Waals surface area contributed by atoms with E-state index in [-0.39, 0.29) is 30.6 Å². The Balaban J connectivity index is 0.000000457. The Hall–Kier alpha value is -2.72. The maximum absolute atomic E-state index is 6.85. The van der Waals surface area contributed by atoms with E-state index >= 15 is 0 Å². The molecule has 0 saturated heterocycles. The summed E-state index contributed by atoms with van der Waals surface area (Å²) in [5, 5.41) is 4.32. The minimum Gasteiger partial charge on any atom is -0.673 e. The average molecular weight is 517 g/mol. The van der Waals surface area contributed by atoms with Gasteiger partial charge in [-0.05, 0) is 29.8 Å². The summed E-state index contributed by atoms with van der Waals surface area (Å²) in [4.78, 5) is 7.97. The zero-order chi connectivity index (χ0) is 25.3. The summed E-state index contributed by atoms with van der Waals surface area (Å²) >= 11 is 0. The summed E-state index contributed by atoms with van der Waals surface area (Å²) in [6, 6.07) is 19.9. The van der Waals surface area contributed by atoms with Crippen molar-refractivity contribution in [1.29, 1.82) is 0 Å². The van der Waals surface area contributed by atoms with Gasteiger partial charge in [-0.3, -0.25) is 0 Å². The van der Waals surface area contributed by atoms with Crippen LogP contribution in [0, 0.1) is 0 Å². The van der Waals surface area contributed by atoms with Crippen LogP contribution in [0.15, 0.2) is 73.1 Å². The molecule has 7 N–H and O–H groups in total. The summed E-state index contributed by atoms with van der Waals surface area (Å²) in [7, 11) is 3.24.